The van der Waals surface area contributed by atoms with Crippen LogP contribution in [0.4, 0.5) is 11.4 Å². The van der Waals surface area contributed by atoms with Gasteiger partial charge in [-0.25, -0.2) is 0 Å². The van der Waals surface area contributed by atoms with Gasteiger partial charge in [-0.2, -0.15) is 0 Å². The molecule has 12 aromatic rings. The lowest BCUT2D eigenvalue weighted by Gasteiger charge is -2.42. The summed E-state index contributed by atoms with van der Waals surface area (Å²) < 4.78 is 12.2. The van der Waals surface area contributed by atoms with Crippen LogP contribution in [0.15, 0.2) is 192 Å². The van der Waals surface area contributed by atoms with Crippen LogP contribution in [0.25, 0.3) is 99.5 Å². The molecule has 0 bridgehead atoms. The van der Waals surface area contributed by atoms with Crippen LogP contribution in [0.3, 0.4) is 0 Å². The van der Waals surface area contributed by atoms with Crippen molar-refractivity contribution in [3.63, 3.8) is 0 Å². The Morgan fingerprint density at radius 3 is 1.74 bits per heavy atom. The largest absolute Gasteiger partial charge is 0.455 e. The molecule has 0 saturated heterocycles. The van der Waals surface area contributed by atoms with Crippen molar-refractivity contribution in [2.45, 2.75) is 58.3 Å². The second-order valence-corrected chi connectivity index (χ2v) is 21.3. The second-order valence-electron chi connectivity index (χ2n) is 21.3. The molecule has 0 amide bonds. The Hall–Kier alpha value is -8.02. The highest BCUT2D eigenvalue weighted by Gasteiger charge is 2.39. The quantitative estimate of drug-likeness (QED) is 0.169. The van der Waals surface area contributed by atoms with Crippen LogP contribution in [0.1, 0.15) is 57.2 Å². The number of hydrogen-bond acceptors (Lipinski definition) is 2. The van der Waals surface area contributed by atoms with Crippen molar-refractivity contribution in [3.05, 3.63) is 205 Å². The van der Waals surface area contributed by atoms with E-state index >= 15 is 0 Å². The van der Waals surface area contributed by atoms with Crippen molar-refractivity contribution in [2.75, 3.05) is 5.32 Å². The summed E-state index contributed by atoms with van der Waals surface area (Å²) in [5.74, 6) is 0.893. The molecule has 4 heterocycles. The van der Waals surface area contributed by atoms with Crippen molar-refractivity contribution < 1.29 is 4.42 Å². The van der Waals surface area contributed by atoms with E-state index in [-0.39, 0.29) is 10.8 Å². The van der Waals surface area contributed by atoms with E-state index in [0.29, 0.717) is 0 Å². The van der Waals surface area contributed by atoms with Crippen LogP contribution >= 0.6 is 0 Å². The molecule has 2 aliphatic rings. The van der Waals surface area contributed by atoms with Crippen LogP contribution in [0.5, 0.6) is 0 Å². The zero-order valence-corrected chi connectivity index (χ0v) is 40.3. The van der Waals surface area contributed by atoms with Crippen LogP contribution in [-0.2, 0) is 10.8 Å². The molecule has 336 valence electrons. The lowest BCUT2D eigenvalue weighted by molar-refractivity contribution is 0.332. The number of fused-ring (bicyclic) bond motifs is 10. The van der Waals surface area contributed by atoms with Crippen LogP contribution in [0, 0.1) is 6.92 Å². The first-order chi connectivity index (χ1) is 34.1. The van der Waals surface area contributed by atoms with Gasteiger partial charge in [0, 0.05) is 60.7 Å². The highest BCUT2D eigenvalue weighted by atomic mass is 16.3. The summed E-state index contributed by atoms with van der Waals surface area (Å²) in [5, 5.41) is 10.2. The number of nitrogens with one attached hydrogen (secondary N) is 1. The molecule has 0 radical (unpaired) electrons. The van der Waals surface area contributed by atoms with Gasteiger partial charge in [-0.3, -0.25) is 0 Å². The van der Waals surface area contributed by atoms with Crippen LogP contribution in [-0.4, -0.2) is 16.4 Å². The fraction of sp³-hybridized carbons (Fsp3) is 0.138. The zero-order valence-electron chi connectivity index (χ0n) is 40.3. The number of benzene rings is 9. The Morgan fingerprint density at radius 1 is 0.514 bits per heavy atom. The number of furan rings is 1. The minimum Gasteiger partial charge on any atom is -0.455 e. The second kappa shape index (κ2) is 15.0. The highest BCUT2D eigenvalue weighted by Crippen LogP contribution is 2.51. The summed E-state index contributed by atoms with van der Waals surface area (Å²) >= 11 is 0. The Balaban J connectivity index is 1.15. The molecule has 70 heavy (non-hydrogen) atoms. The molecule has 5 heteroatoms. The number of aromatic nitrogens is 2. The van der Waals surface area contributed by atoms with Crippen LogP contribution < -0.4 is 16.2 Å². The third-order valence-electron chi connectivity index (χ3n) is 16.1. The number of nitrogens with zero attached hydrogens (tertiary/aromatic N) is 2. The van der Waals surface area contributed by atoms with Gasteiger partial charge in [-0.1, -0.05) is 166 Å². The number of anilines is 2. The average molecular weight is 902 g/mol. The number of rotatable bonds is 6. The van der Waals surface area contributed by atoms with E-state index in [1.54, 1.807) is 0 Å². The average Bonchev–Trinajstić information content (AvgIpc) is 4.05. The fourth-order valence-corrected chi connectivity index (χ4v) is 12.4. The molecule has 1 N–H and O–H groups in total. The van der Waals surface area contributed by atoms with Gasteiger partial charge < -0.3 is 18.9 Å². The van der Waals surface area contributed by atoms with E-state index in [9.17, 15) is 0 Å². The maximum atomic E-state index is 7.08. The van der Waals surface area contributed by atoms with Crippen LogP contribution in [0.2, 0.25) is 0 Å². The molecule has 9 aromatic carbocycles. The lowest BCUT2D eigenvalue weighted by atomic mass is 9.58. The Morgan fingerprint density at radius 2 is 1.09 bits per heavy atom. The summed E-state index contributed by atoms with van der Waals surface area (Å²) in [5.41, 5.74) is 22.8. The number of aryl methyl sites for hydroxylation is 1. The predicted octanol–water partition coefficient (Wildman–Crippen LogP) is 15.7. The summed E-state index contributed by atoms with van der Waals surface area (Å²) in [6.45, 7) is 11.9. The third kappa shape index (κ3) is 6.03. The van der Waals surface area contributed by atoms with Gasteiger partial charge in [-0.15, -0.1) is 0 Å². The summed E-state index contributed by atoms with van der Waals surface area (Å²) in [6, 6.07) is 69.6. The van der Waals surface area contributed by atoms with Gasteiger partial charge in [0.25, 0.3) is 0 Å². The molecule has 0 unspecified atom stereocenters. The Kier molecular flexibility index (Phi) is 8.78. The third-order valence-corrected chi connectivity index (χ3v) is 16.1. The Labute approximate surface area is 409 Å². The standard InChI is InChI=1S/C65H52BN3O/c1-39-28-30-42(31-29-39)67-52-37-50-49(64(2,3)32-33-65(50,4)5)34-46(52)47-35-57(68-53-25-15-12-22-43(53)44-23-13-16-26-54(44)68)60-45-24-14-17-27-55(45)69-56-36-48-58(38-51(56)66-61(47)62(60)69)70-63(41-20-10-7-11-21-41)59(48)40-18-8-6-9-19-40/h6-31,34-38,66-67H,32-33H2,1-5H3. The molecule has 3 aromatic heterocycles. The summed E-state index contributed by atoms with van der Waals surface area (Å²) in [4.78, 5) is 0. The molecule has 1 aliphatic carbocycles. The lowest BCUT2D eigenvalue weighted by Crippen LogP contribution is -2.38. The normalized spacial score (nSPS) is 14.6. The van der Waals surface area contributed by atoms with E-state index in [0.717, 1.165) is 64.9 Å². The molecule has 14 rings (SSSR count). The molecule has 1 aliphatic heterocycles. The van der Waals surface area contributed by atoms with Gasteiger partial charge in [0.1, 0.15) is 11.3 Å². The summed E-state index contributed by atoms with van der Waals surface area (Å²) in [7, 11) is 0.735. The molecule has 0 saturated carbocycles. The molecular weight excluding hydrogens is 850 g/mol. The number of hydrogen-bond donors (Lipinski definition) is 1. The van der Waals surface area contributed by atoms with E-state index in [4.69, 9.17) is 4.42 Å². The van der Waals surface area contributed by atoms with Crippen molar-refractivity contribution in [1.29, 1.82) is 0 Å². The molecule has 0 atom stereocenters. The maximum Gasteiger partial charge on any atom is 0.198 e. The van der Waals surface area contributed by atoms with Crippen molar-refractivity contribution in [3.8, 4) is 45.0 Å². The fourth-order valence-electron chi connectivity index (χ4n) is 12.4. The highest BCUT2D eigenvalue weighted by molar-refractivity contribution is 6.74. The summed E-state index contributed by atoms with van der Waals surface area (Å²) in [6.07, 6.45) is 2.27. The van der Waals surface area contributed by atoms with Gasteiger partial charge >= 0.3 is 0 Å². The topological polar surface area (TPSA) is 35.0 Å². The van der Waals surface area contributed by atoms with E-state index in [2.05, 4.69) is 237 Å². The van der Waals surface area contributed by atoms with E-state index < -0.39 is 0 Å². The van der Waals surface area contributed by atoms with Crippen molar-refractivity contribution in [1.82, 2.24) is 9.13 Å². The Bertz CT molecular complexity index is 4060. The van der Waals surface area contributed by atoms with Crippen molar-refractivity contribution >= 4 is 84.2 Å². The van der Waals surface area contributed by atoms with Gasteiger partial charge in [-0.05, 0) is 119 Å². The first-order valence-corrected chi connectivity index (χ1v) is 24.9. The minimum atomic E-state index is -0.00169. The predicted molar refractivity (Wildman–Crippen MR) is 297 cm³/mol. The van der Waals surface area contributed by atoms with Gasteiger partial charge in [0.15, 0.2) is 7.28 Å². The maximum absolute atomic E-state index is 7.08. The van der Waals surface area contributed by atoms with E-state index in [1.165, 1.54) is 93.7 Å². The molecule has 0 fully saturated rings. The first kappa shape index (κ1) is 41.0. The first-order valence-electron chi connectivity index (χ1n) is 24.9. The zero-order chi connectivity index (χ0) is 47.0. The molecule has 0 spiro atoms. The minimum absolute atomic E-state index is 0.00169. The SMILES string of the molecule is Cc1ccc(Nc2cc3c(cc2-c2cc(-n4c5ccccc5c5ccccc54)c4c5ccccc5n5c4c2Bc2cc4oc(-c6ccccc6)c(-c6ccccc6)c4cc2-5)C(C)(C)CCC3(C)C)cc1. The van der Waals surface area contributed by atoms with Gasteiger partial charge in [0.2, 0.25) is 0 Å². The monoisotopic (exact) mass is 901 g/mol. The smallest absolute Gasteiger partial charge is 0.198 e. The van der Waals surface area contributed by atoms with Crippen molar-refractivity contribution in [2.24, 2.45) is 0 Å². The molecule has 4 nitrogen and oxygen atoms in total. The number of para-hydroxylation sites is 3. The molecular formula is C65H52BN3O. The van der Waals surface area contributed by atoms with Gasteiger partial charge in [0.05, 0.1) is 27.8 Å². The van der Waals surface area contributed by atoms with E-state index in [1.807, 2.05) is 0 Å².